The van der Waals surface area contributed by atoms with E-state index in [9.17, 15) is 0 Å². The van der Waals surface area contributed by atoms with E-state index in [2.05, 4.69) is 15.2 Å². The molecular formula is C14H8Cl2N4OS2. The van der Waals surface area contributed by atoms with Crippen molar-refractivity contribution in [2.45, 2.75) is 10.9 Å². The van der Waals surface area contributed by atoms with Crippen LogP contribution in [0.1, 0.15) is 5.69 Å². The standard InChI is InChI=1S/C14H8Cl2N4OS2/c15-8-4-10(16)12-18-19-14(20(12)5-8)23-7-9-6-21-13(17-9)11-2-1-3-22-11/h1-6H,7H2. The van der Waals surface area contributed by atoms with E-state index >= 15 is 0 Å². The summed E-state index contributed by atoms with van der Waals surface area (Å²) in [5.41, 5.74) is 1.42. The van der Waals surface area contributed by atoms with Crippen LogP contribution in [0, 0.1) is 0 Å². The number of pyridine rings is 1. The van der Waals surface area contributed by atoms with Crippen LogP contribution in [0.15, 0.2) is 45.6 Å². The van der Waals surface area contributed by atoms with Gasteiger partial charge in [-0.25, -0.2) is 4.98 Å². The van der Waals surface area contributed by atoms with Crippen LogP contribution in [0.4, 0.5) is 0 Å². The number of nitrogens with zero attached hydrogens (tertiary/aromatic N) is 4. The Kier molecular flexibility index (Phi) is 4.02. The summed E-state index contributed by atoms with van der Waals surface area (Å²) in [7, 11) is 0. The molecular weight excluding hydrogens is 375 g/mol. The van der Waals surface area contributed by atoms with Crippen LogP contribution in [-0.4, -0.2) is 19.6 Å². The second kappa shape index (κ2) is 6.16. The maximum Gasteiger partial charge on any atom is 0.236 e. The maximum atomic E-state index is 6.11. The Bertz CT molecular complexity index is 965. The highest BCUT2D eigenvalue weighted by Crippen LogP contribution is 2.28. The van der Waals surface area contributed by atoms with Gasteiger partial charge >= 0.3 is 0 Å². The molecule has 4 rings (SSSR count). The van der Waals surface area contributed by atoms with Crippen LogP contribution in [0.25, 0.3) is 16.4 Å². The van der Waals surface area contributed by atoms with Crippen LogP contribution in [-0.2, 0) is 5.75 Å². The Labute approximate surface area is 149 Å². The summed E-state index contributed by atoms with van der Waals surface area (Å²) in [6.45, 7) is 0. The summed E-state index contributed by atoms with van der Waals surface area (Å²) in [6.07, 6.45) is 3.40. The van der Waals surface area contributed by atoms with Gasteiger partial charge in [-0.05, 0) is 17.5 Å². The van der Waals surface area contributed by atoms with Crippen molar-refractivity contribution < 1.29 is 4.42 Å². The van der Waals surface area contributed by atoms with Crippen molar-refractivity contribution in [1.82, 2.24) is 19.6 Å². The third-order valence-electron chi connectivity index (χ3n) is 3.03. The van der Waals surface area contributed by atoms with Crippen molar-refractivity contribution in [3.8, 4) is 10.8 Å². The fraction of sp³-hybridized carbons (Fsp3) is 0.0714. The normalized spacial score (nSPS) is 11.4. The molecule has 0 N–H and O–H groups in total. The molecule has 0 aliphatic carbocycles. The molecule has 0 amide bonds. The van der Waals surface area contributed by atoms with Crippen LogP contribution >= 0.6 is 46.3 Å². The number of oxazole rings is 1. The SMILES string of the molecule is Clc1cc(Cl)c2nnc(SCc3coc(-c4cccs4)n3)n2c1. The largest absolute Gasteiger partial charge is 0.444 e. The second-order valence-corrected chi connectivity index (χ2v) is 7.33. The highest BCUT2D eigenvalue weighted by Gasteiger charge is 2.12. The van der Waals surface area contributed by atoms with E-state index in [0.29, 0.717) is 32.5 Å². The van der Waals surface area contributed by atoms with Crippen molar-refractivity contribution >= 4 is 51.9 Å². The van der Waals surface area contributed by atoms with E-state index in [-0.39, 0.29) is 0 Å². The predicted molar refractivity (Wildman–Crippen MR) is 92.4 cm³/mol. The summed E-state index contributed by atoms with van der Waals surface area (Å²) < 4.78 is 7.28. The number of halogens is 2. The molecule has 0 bridgehead atoms. The minimum atomic E-state index is 0.471. The molecule has 23 heavy (non-hydrogen) atoms. The van der Waals surface area contributed by atoms with Gasteiger partial charge in [0.15, 0.2) is 10.8 Å². The molecule has 5 nitrogen and oxygen atoms in total. The molecule has 0 fully saturated rings. The summed E-state index contributed by atoms with van der Waals surface area (Å²) >= 11 is 15.2. The van der Waals surface area contributed by atoms with Crippen molar-refractivity contribution in [2.24, 2.45) is 0 Å². The molecule has 0 aliphatic rings. The second-order valence-electron chi connectivity index (χ2n) is 4.59. The predicted octanol–water partition coefficient (Wildman–Crippen LogP) is 5.04. The zero-order valence-corrected chi connectivity index (χ0v) is 14.6. The van der Waals surface area contributed by atoms with Gasteiger partial charge < -0.3 is 4.42 Å². The number of hydrogen-bond acceptors (Lipinski definition) is 6. The maximum absolute atomic E-state index is 6.11. The van der Waals surface area contributed by atoms with Crippen LogP contribution in [0.2, 0.25) is 10.0 Å². The molecule has 0 aliphatic heterocycles. The highest BCUT2D eigenvalue weighted by molar-refractivity contribution is 7.98. The highest BCUT2D eigenvalue weighted by atomic mass is 35.5. The Balaban J connectivity index is 1.56. The van der Waals surface area contributed by atoms with Crippen LogP contribution in [0.3, 0.4) is 0 Å². The number of fused-ring (bicyclic) bond motifs is 1. The van der Waals surface area contributed by atoms with E-state index in [4.69, 9.17) is 27.6 Å². The van der Waals surface area contributed by atoms with Crippen molar-refractivity contribution in [3.05, 3.63) is 51.8 Å². The van der Waals surface area contributed by atoms with Gasteiger partial charge in [0.1, 0.15) is 6.26 Å². The third-order valence-corrected chi connectivity index (χ3v) is 5.35. The Hall–Kier alpha value is -1.54. The van der Waals surface area contributed by atoms with E-state index < -0.39 is 0 Å². The molecule has 0 unspecified atom stereocenters. The zero-order chi connectivity index (χ0) is 15.8. The van der Waals surface area contributed by atoms with Gasteiger partial charge in [-0.15, -0.1) is 21.5 Å². The van der Waals surface area contributed by atoms with Gasteiger partial charge in [-0.1, -0.05) is 41.0 Å². The fourth-order valence-electron chi connectivity index (χ4n) is 2.03. The monoisotopic (exact) mass is 382 g/mol. The first-order valence-electron chi connectivity index (χ1n) is 6.51. The lowest BCUT2D eigenvalue weighted by atomic mass is 10.5. The first-order chi connectivity index (χ1) is 11.2. The minimum absolute atomic E-state index is 0.471. The van der Waals surface area contributed by atoms with Gasteiger partial charge in [0.2, 0.25) is 5.89 Å². The minimum Gasteiger partial charge on any atom is -0.444 e. The molecule has 0 radical (unpaired) electrons. The van der Waals surface area contributed by atoms with Crippen molar-refractivity contribution in [3.63, 3.8) is 0 Å². The topological polar surface area (TPSA) is 56.2 Å². The lowest BCUT2D eigenvalue weighted by Crippen LogP contribution is -1.89. The number of thioether (sulfide) groups is 1. The molecule has 4 heterocycles. The Morgan fingerprint density at radius 2 is 2.22 bits per heavy atom. The van der Waals surface area contributed by atoms with E-state index in [1.807, 2.05) is 17.5 Å². The molecule has 4 aromatic heterocycles. The number of rotatable bonds is 4. The van der Waals surface area contributed by atoms with Crippen LogP contribution < -0.4 is 0 Å². The Morgan fingerprint density at radius 1 is 1.30 bits per heavy atom. The molecule has 0 saturated carbocycles. The van der Waals surface area contributed by atoms with Gasteiger partial charge in [0.25, 0.3) is 0 Å². The molecule has 0 saturated heterocycles. The molecule has 4 aromatic rings. The fourth-order valence-corrected chi connectivity index (χ4v) is 3.98. The van der Waals surface area contributed by atoms with Gasteiger partial charge in [-0.3, -0.25) is 4.40 Å². The molecule has 116 valence electrons. The van der Waals surface area contributed by atoms with Crippen LogP contribution in [0.5, 0.6) is 0 Å². The van der Waals surface area contributed by atoms with Gasteiger partial charge in [0.05, 0.1) is 20.6 Å². The summed E-state index contributed by atoms with van der Waals surface area (Å²) in [5.74, 6) is 1.24. The lowest BCUT2D eigenvalue weighted by molar-refractivity contribution is 0.575. The number of thiophene rings is 1. The van der Waals surface area contributed by atoms with E-state index in [1.54, 1.807) is 34.3 Å². The zero-order valence-electron chi connectivity index (χ0n) is 11.4. The van der Waals surface area contributed by atoms with Gasteiger partial charge in [0, 0.05) is 11.9 Å². The third kappa shape index (κ3) is 2.97. The Morgan fingerprint density at radius 3 is 3.04 bits per heavy atom. The summed E-state index contributed by atoms with van der Waals surface area (Å²) in [6, 6.07) is 5.59. The molecule has 0 atom stereocenters. The molecule has 9 heteroatoms. The number of hydrogen-bond donors (Lipinski definition) is 0. The van der Waals surface area contributed by atoms with Crippen molar-refractivity contribution in [1.29, 1.82) is 0 Å². The average Bonchev–Trinajstić information content (AvgIpc) is 3.25. The summed E-state index contributed by atoms with van der Waals surface area (Å²) in [5, 5.41) is 11.9. The van der Waals surface area contributed by atoms with E-state index in [0.717, 1.165) is 10.6 Å². The number of aromatic nitrogens is 4. The first-order valence-corrected chi connectivity index (χ1v) is 9.14. The van der Waals surface area contributed by atoms with Crippen molar-refractivity contribution in [2.75, 3.05) is 0 Å². The lowest BCUT2D eigenvalue weighted by Gasteiger charge is -2.00. The van der Waals surface area contributed by atoms with Gasteiger partial charge in [-0.2, -0.15) is 0 Å². The smallest absolute Gasteiger partial charge is 0.236 e. The van der Waals surface area contributed by atoms with E-state index in [1.165, 1.54) is 11.8 Å². The molecule has 0 aromatic carbocycles. The quantitative estimate of drug-likeness (QED) is 0.462. The molecule has 0 spiro atoms. The summed E-state index contributed by atoms with van der Waals surface area (Å²) in [4.78, 5) is 5.49. The average molecular weight is 383 g/mol. The first kappa shape index (κ1) is 15.0.